The van der Waals surface area contributed by atoms with Gasteiger partial charge < -0.3 is 4.74 Å². The van der Waals surface area contributed by atoms with E-state index >= 15 is 0 Å². The van der Waals surface area contributed by atoms with Gasteiger partial charge in [0.25, 0.3) is 12.3 Å². The molecule has 0 aliphatic carbocycles. The van der Waals surface area contributed by atoms with E-state index in [1.165, 1.54) is 30.6 Å². The first-order valence-corrected chi connectivity index (χ1v) is 9.54. The molecule has 160 valence electrons. The first kappa shape index (κ1) is 21.7. The minimum absolute atomic E-state index is 0.0672. The highest BCUT2D eigenvalue weighted by Crippen LogP contribution is 2.32. The van der Waals surface area contributed by atoms with Gasteiger partial charge in [-0.2, -0.15) is 5.10 Å². The Morgan fingerprint density at radius 1 is 1.23 bits per heavy atom. The third kappa shape index (κ3) is 4.28. The van der Waals surface area contributed by atoms with Crippen LogP contribution in [0.15, 0.2) is 30.5 Å². The zero-order chi connectivity index (χ0) is 22.0. The number of nitrogens with zero attached hydrogens (tertiary/aromatic N) is 3. The molecule has 0 saturated carbocycles. The number of fused-ring (bicyclic) bond motifs is 1. The van der Waals surface area contributed by atoms with Gasteiger partial charge in [-0.3, -0.25) is 14.3 Å². The molecule has 1 aromatic heterocycles. The number of carbonyl (C=O) groups excluding carboxylic acids is 1. The Balaban J connectivity index is 1.75. The second-order valence-electron chi connectivity index (χ2n) is 7.21. The molecular weight excluding hydrogens is 392 g/mol. The molecule has 0 bridgehead atoms. The second-order valence-corrected chi connectivity index (χ2v) is 7.21. The topological polar surface area (TPSA) is 56.6 Å². The van der Waals surface area contributed by atoms with Gasteiger partial charge in [0.05, 0.1) is 19.2 Å². The number of hydroxylamine groups is 2. The molecule has 0 N–H and O–H groups in total. The largest absolute Gasteiger partial charge is 0.491 e. The third-order valence-electron chi connectivity index (χ3n) is 4.96. The van der Waals surface area contributed by atoms with Crippen LogP contribution >= 0.6 is 0 Å². The van der Waals surface area contributed by atoms with Crippen molar-refractivity contribution in [3.05, 3.63) is 58.4 Å². The Kier molecular flexibility index (Phi) is 6.36. The molecule has 0 aliphatic heterocycles. The van der Waals surface area contributed by atoms with E-state index in [1.807, 2.05) is 26.8 Å². The lowest BCUT2D eigenvalue weighted by molar-refractivity contribution is -0.0997. The SMILES string of the molecule is CON(CCOc1c(C)cc2cc(C)ccc2c1C)C(=O)c1cn(C)nc1C(F)F. The van der Waals surface area contributed by atoms with Gasteiger partial charge in [-0.15, -0.1) is 0 Å². The number of aromatic nitrogens is 2. The zero-order valence-corrected chi connectivity index (χ0v) is 17.7. The average Bonchev–Trinajstić information content (AvgIpc) is 3.09. The molecule has 0 saturated heterocycles. The molecule has 0 spiro atoms. The minimum Gasteiger partial charge on any atom is -0.491 e. The van der Waals surface area contributed by atoms with Gasteiger partial charge in [0, 0.05) is 13.2 Å². The predicted molar refractivity (Wildman–Crippen MR) is 110 cm³/mol. The Hall–Kier alpha value is -3.00. The van der Waals surface area contributed by atoms with E-state index in [0.29, 0.717) is 0 Å². The number of hydrogen-bond acceptors (Lipinski definition) is 4. The molecule has 0 atom stereocenters. The van der Waals surface area contributed by atoms with Gasteiger partial charge in [-0.25, -0.2) is 13.8 Å². The lowest BCUT2D eigenvalue weighted by Crippen LogP contribution is -2.34. The van der Waals surface area contributed by atoms with Gasteiger partial charge in [0.15, 0.2) is 0 Å². The van der Waals surface area contributed by atoms with Crippen LogP contribution in [0.2, 0.25) is 0 Å². The molecule has 0 radical (unpaired) electrons. The van der Waals surface area contributed by atoms with Crippen molar-refractivity contribution in [1.29, 1.82) is 0 Å². The summed E-state index contributed by atoms with van der Waals surface area (Å²) in [4.78, 5) is 17.8. The van der Waals surface area contributed by atoms with E-state index in [2.05, 4.69) is 23.3 Å². The number of hydrogen-bond donors (Lipinski definition) is 0. The maximum Gasteiger partial charge on any atom is 0.282 e. The van der Waals surface area contributed by atoms with Crippen LogP contribution in [-0.2, 0) is 11.9 Å². The van der Waals surface area contributed by atoms with Crippen molar-refractivity contribution >= 4 is 16.7 Å². The number of rotatable bonds is 7. The first-order valence-electron chi connectivity index (χ1n) is 9.54. The summed E-state index contributed by atoms with van der Waals surface area (Å²) in [6.07, 6.45) is -1.59. The van der Waals surface area contributed by atoms with Crippen LogP contribution in [0.4, 0.5) is 8.78 Å². The molecule has 0 aliphatic rings. The number of alkyl halides is 2. The summed E-state index contributed by atoms with van der Waals surface area (Å²) >= 11 is 0. The van der Waals surface area contributed by atoms with Gasteiger partial charge in [-0.1, -0.05) is 23.8 Å². The highest BCUT2D eigenvalue weighted by Gasteiger charge is 2.26. The molecule has 8 heteroatoms. The highest BCUT2D eigenvalue weighted by molar-refractivity contribution is 5.94. The Morgan fingerprint density at radius 3 is 2.63 bits per heavy atom. The summed E-state index contributed by atoms with van der Waals surface area (Å²) in [5.41, 5.74) is 2.41. The van der Waals surface area contributed by atoms with E-state index in [-0.39, 0.29) is 18.7 Å². The minimum atomic E-state index is -2.85. The normalized spacial score (nSPS) is 11.3. The summed E-state index contributed by atoms with van der Waals surface area (Å²) in [7, 11) is 2.79. The Labute approximate surface area is 173 Å². The summed E-state index contributed by atoms with van der Waals surface area (Å²) in [6, 6.07) is 8.30. The van der Waals surface area contributed by atoms with Crippen molar-refractivity contribution < 1.29 is 23.1 Å². The van der Waals surface area contributed by atoms with Gasteiger partial charge in [0.1, 0.15) is 18.1 Å². The average molecular weight is 417 g/mol. The highest BCUT2D eigenvalue weighted by atomic mass is 19.3. The fourth-order valence-electron chi connectivity index (χ4n) is 3.55. The Morgan fingerprint density at radius 2 is 1.97 bits per heavy atom. The number of halogens is 2. The molecule has 6 nitrogen and oxygen atoms in total. The smallest absolute Gasteiger partial charge is 0.282 e. The molecular formula is C22H25F2N3O3. The quantitative estimate of drug-likeness (QED) is 0.531. The molecule has 0 unspecified atom stereocenters. The number of carbonyl (C=O) groups is 1. The van der Waals surface area contributed by atoms with Crippen molar-refractivity contribution in [1.82, 2.24) is 14.8 Å². The summed E-state index contributed by atoms with van der Waals surface area (Å²) in [6.45, 7) is 6.21. The summed E-state index contributed by atoms with van der Waals surface area (Å²) in [5.74, 6) is 0.0523. The van der Waals surface area contributed by atoms with Crippen molar-refractivity contribution in [3.63, 3.8) is 0 Å². The van der Waals surface area contributed by atoms with Crippen molar-refractivity contribution in [2.45, 2.75) is 27.2 Å². The maximum absolute atomic E-state index is 13.2. The maximum atomic E-state index is 13.2. The van der Waals surface area contributed by atoms with E-state index in [4.69, 9.17) is 9.57 Å². The van der Waals surface area contributed by atoms with E-state index in [0.717, 1.165) is 32.7 Å². The lowest BCUT2D eigenvalue weighted by Gasteiger charge is -2.21. The molecule has 1 heterocycles. The molecule has 1 amide bonds. The van der Waals surface area contributed by atoms with Crippen molar-refractivity contribution in [2.24, 2.45) is 7.05 Å². The lowest BCUT2D eigenvalue weighted by atomic mass is 9.99. The summed E-state index contributed by atoms with van der Waals surface area (Å²) in [5, 5.41) is 6.90. The van der Waals surface area contributed by atoms with Crippen LogP contribution in [0.25, 0.3) is 10.8 Å². The van der Waals surface area contributed by atoms with E-state index in [9.17, 15) is 13.6 Å². The predicted octanol–water partition coefficient (Wildman–Crippen LogP) is 4.52. The van der Waals surface area contributed by atoms with E-state index in [1.54, 1.807) is 0 Å². The van der Waals surface area contributed by atoms with E-state index < -0.39 is 18.0 Å². The number of aryl methyl sites for hydroxylation is 4. The van der Waals surface area contributed by atoms with Crippen molar-refractivity contribution in [3.8, 4) is 5.75 Å². The monoisotopic (exact) mass is 417 g/mol. The fraction of sp³-hybridized carbons (Fsp3) is 0.364. The molecule has 3 rings (SSSR count). The number of benzene rings is 2. The fourth-order valence-corrected chi connectivity index (χ4v) is 3.55. The van der Waals surface area contributed by atoms with Crippen molar-refractivity contribution in [2.75, 3.05) is 20.3 Å². The van der Waals surface area contributed by atoms with Crippen LogP contribution in [-0.4, -0.2) is 41.0 Å². The molecule has 3 aromatic rings. The number of amides is 1. The zero-order valence-electron chi connectivity index (χ0n) is 17.7. The van der Waals surface area contributed by atoms with Crippen LogP contribution < -0.4 is 4.74 Å². The first-order chi connectivity index (χ1) is 14.2. The molecule has 30 heavy (non-hydrogen) atoms. The third-order valence-corrected chi connectivity index (χ3v) is 4.96. The van der Waals surface area contributed by atoms with Crippen LogP contribution in [0.5, 0.6) is 5.75 Å². The second kappa shape index (κ2) is 8.79. The molecule has 2 aromatic carbocycles. The van der Waals surface area contributed by atoms with Crippen LogP contribution in [0.3, 0.4) is 0 Å². The van der Waals surface area contributed by atoms with Crippen LogP contribution in [0.1, 0.15) is 39.2 Å². The van der Waals surface area contributed by atoms with Crippen LogP contribution in [0, 0.1) is 20.8 Å². The molecule has 0 fully saturated rings. The van der Waals surface area contributed by atoms with Gasteiger partial charge >= 0.3 is 0 Å². The number of ether oxygens (including phenoxy) is 1. The standard InChI is InChI=1S/C22H25F2N3O3/c1-13-6-7-17-15(3)20(14(2)11-16(17)10-13)30-9-8-27(29-5)22(28)18-12-26(4)25-19(18)21(23)24/h6-7,10-12,21H,8-9H2,1-5H3. The van der Waals surface area contributed by atoms with Gasteiger partial charge in [0.2, 0.25) is 0 Å². The summed E-state index contributed by atoms with van der Waals surface area (Å²) < 4.78 is 33.5. The Bertz CT molecular complexity index is 1080. The van der Waals surface area contributed by atoms with Gasteiger partial charge in [-0.05, 0) is 48.7 Å².